The number of fused-ring (bicyclic) bond motifs is 3. The molecular formula is C19H13N3OS. The predicted molar refractivity (Wildman–Crippen MR) is 99.0 cm³/mol. The lowest BCUT2D eigenvalue weighted by Crippen LogP contribution is -2.07. The lowest BCUT2D eigenvalue weighted by molar-refractivity contribution is -0.111. The molecule has 4 rings (SSSR count). The van der Waals surface area contributed by atoms with Gasteiger partial charge in [-0.1, -0.05) is 47.7 Å². The van der Waals surface area contributed by atoms with Crippen molar-refractivity contribution >= 4 is 49.4 Å². The molecule has 116 valence electrons. The van der Waals surface area contributed by atoms with Gasteiger partial charge < -0.3 is 0 Å². The van der Waals surface area contributed by atoms with Gasteiger partial charge in [-0.2, -0.15) is 0 Å². The molecule has 0 unspecified atom stereocenters. The Balaban J connectivity index is 1.59. The monoisotopic (exact) mass is 331 g/mol. The maximum absolute atomic E-state index is 12.1. The fraction of sp³-hybridized carbons (Fsp3) is 0. The molecule has 2 heterocycles. The third kappa shape index (κ3) is 2.89. The minimum atomic E-state index is -0.219. The largest absolute Gasteiger partial charge is 0.298 e. The zero-order valence-electron chi connectivity index (χ0n) is 12.6. The van der Waals surface area contributed by atoms with Crippen LogP contribution in [0.4, 0.5) is 5.13 Å². The Hall–Kier alpha value is -3.05. The third-order valence-corrected chi connectivity index (χ3v) is 4.54. The Labute approximate surface area is 142 Å². The van der Waals surface area contributed by atoms with Crippen LogP contribution >= 0.6 is 11.3 Å². The van der Waals surface area contributed by atoms with Gasteiger partial charge in [-0.25, -0.2) is 4.98 Å². The summed E-state index contributed by atoms with van der Waals surface area (Å²) < 4.78 is 1.05. The Kier molecular flexibility index (Phi) is 3.76. The summed E-state index contributed by atoms with van der Waals surface area (Å²) in [6, 6.07) is 17.8. The Morgan fingerprint density at radius 2 is 1.92 bits per heavy atom. The van der Waals surface area contributed by atoms with E-state index in [0.717, 1.165) is 26.7 Å². The third-order valence-electron chi connectivity index (χ3n) is 3.61. The number of rotatable bonds is 3. The number of nitrogens with one attached hydrogen (secondary N) is 1. The van der Waals surface area contributed by atoms with Crippen LogP contribution in [0.5, 0.6) is 0 Å². The van der Waals surface area contributed by atoms with Gasteiger partial charge in [0, 0.05) is 17.7 Å². The van der Waals surface area contributed by atoms with Gasteiger partial charge in [0.15, 0.2) is 5.13 Å². The minimum absolute atomic E-state index is 0.219. The van der Waals surface area contributed by atoms with Crippen LogP contribution in [-0.2, 0) is 4.79 Å². The number of pyridine rings is 1. The molecule has 1 amide bonds. The first-order chi connectivity index (χ1) is 11.8. The van der Waals surface area contributed by atoms with E-state index in [2.05, 4.69) is 27.4 Å². The maximum Gasteiger partial charge on any atom is 0.250 e. The smallest absolute Gasteiger partial charge is 0.250 e. The number of carbonyl (C=O) groups is 1. The number of hydrogen-bond acceptors (Lipinski definition) is 4. The average molecular weight is 331 g/mol. The Bertz CT molecular complexity index is 1050. The van der Waals surface area contributed by atoms with Crippen molar-refractivity contribution in [3.05, 3.63) is 72.6 Å². The fourth-order valence-corrected chi connectivity index (χ4v) is 3.38. The molecule has 0 spiro atoms. The number of hydrogen-bond donors (Lipinski definition) is 1. The zero-order chi connectivity index (χ0) is 16.4. The van der Waals surface area contributed by atoms with Crippen molar-refractivity contribution in [2.45, 2.75) is 0 Å². The van der Waals surface area contributed by atoms with E-state index in [1.807, 2.05) is 42.5 Å². The van der Waals surface area contributed by atoms with Crippen molar-refractivity contribution in [2.24, 2.45) is 0 Å². The summed E-state index contributed by atoms with van der Waals surface area (Å²) in [6.07, 6.45) is 4.83. The van der Waals surface area contributed by atoms with Crippen LogP contribution in [0, 0.1) is 0 Å². The van der Waals surface area contributed by atoms with Crippen molar-refractivity contribution < 1.29 is 4.79 Å². The van der Waals surface area contributed by atoms with Crippen LogP contribution in [-0.4, -0.2) is 15.9 Å². The standard InChI is InChI=1S/C19H13N3OS/c23-17(11-9-14-6-3-4-12-20-14)21-19-22-18-15-7-2-1-5-13(15)8-10-16(18)24-19/h1-12H,(H,21,22,23)/b11-9+. The van der Waals surface area contributed by atoms with Gasteiger partial charge in [-0.05, 0) is 29.7 Å². The van der Waals surface area contributed by atoms with E-state index in [4.69, 9.17) is 0 Å². The number of anilines is 1. The molecule has 0 radical (unpaired) electrons. The van der Waals surface area contributed by atoms with Crippen molar-refractivity contribution in [1.82, 2.24) is 9.97 Å². The van der Waals surface area contributed by atoms with Gasteiger partial charge >= 0.3 is 0 Å². The number of benzene rings is 2. The summed E-state index contributed by atoms with van der Waals surface area (Å²) in [5, 5.41) is 5.65. The minimum Gasteiger partial charge on any atom is -0.298 e. The molecule has 0 saturated carbocycles. The van der Waals surface area contributed by atoms with Crippen LogP contribution in [0.1, 0.15) is 5.69 Å². The van der Waals surface area contributed by atoms with Crippen LogP contribution in [0.15, 0.2) is 66.9 Å². The normalized spacial score (nSPS) is 11.3. The predicted octanol–water partition coefficient (Wildman–Crippen LogP) is 4.50. The molecule has 4 nitrogen and oxygen atoms in total. The van der Waals surface area contributed by atoms with Crippen molar-refractivity contribution in [3.63, 3.8) is 0 Å². The molecule has 24 heavy (non-hydrogen) atoms. The van der Waals surface area contributed by atoms with Gasteiger partial charge in [-0.15, -0.1) is 0 Å². The van der Waals surface area contributed by atoms with Gasteiger partial charge in [0.1, 0.15) is 0 Å². The molecule has 1 N–H and O–H groups in total. The first-order valence-corrected chi connectivity index (χ1v) is 8.30. The highest BCUT2D eigenvalue weighted by Gasteiger charge is 2.08. The van der Waals surface area contributed by atoms with E-state index in [1.165, 1.54) is 17.4 Å². The van der Waals surface area contributed by atoms with E-state index in [9.17, 15) is 4.79 Å². The lowest BCUT2D eigenvalue weighted by atomic mass is 10.1. The van der Waals surface area contributed by atoms with Gasteiger partial charge in [0.25, 0.3) is 0 Å². The second-order valence-corrected chi connectivity index (χ2v) is 6.26. The van der Waals surface area contributed by atoms with Crippen molar-refractivity contribution in [1.29, 1.82) is 0 Å². The molecule has 5 heteroatoms. The number of amides is 1. The highest BCUT2D eigenvalue weighted by atomic mass is 32.1. The Morgan fingerprint density at radius 3 is 2.79 bits per heavy atom. The van der Waals surface area contributed by atoms with Crippen molar-refractivity contribution in [2.75, 3.05) is 5.32 Å². The highest BCUT2D eigenvalue weighted by Crippen LogP contribution is 2.31. The molecule has 0 fully saturated rings. The summed E-state index contributed by atoms with van der Waals surface area (Å²) in [5.41, 5.74) is 1.66. The van der Waals surface area contributed by atoms with Crippen LogP contribution in [0.3, 0.4) is 0 Å². The van der Waals surface area contributed by atoms with E-state index >= 15 is 0 Å². The van der Waals surface area contributed by atoms with Gasteiger partial charge in [0.2, 0.25) is 5.91 Å². The first kappa shape index (κ1) is 14.5. The number of aromatic nitrogens is 2. The average Bonchev–Trinajstić information content (AvgIpc) is 3.04. The van der Waals surface area contributed by atoms with Crippen LogP contribution in [0.25, 0.3) is 27.1 Å². The molecule has 0 atom stereocenters. The van der Waals surface area contributed by atoms with Gasteiger partial charge in [0.05, 0.1) is 15.9 Å². The van der Waals surface area contributed by atoms with Crippen LogP contribution in [0.2, 0.25) is 0 Å². The molecule has 4 aromatic rings. The molecule has 0 aliphatic carbocycles. The number of nitrogens with zero attached hydrogens (tertiary/aromatic N) is 2. The molecule has 2 aromatic carbocycles. The SMILES string of the molecule is O=C(/C=C/c1ccccn1)Nc1nc2c(ccc3ccccc32)s1. The first-order valence-electron chi connectivity index (χ1n) is 7.48. The summed E-state index contributed by atoms with van der Waals surface area (Å²) in [7, 11) is 0. The summed E-state index contributed by atoms with van der Waals surface area (Å²) in [5.74, 6) is -0.219. The maximum atomic E-state index is 12.1. The number of carbonyl (C=O) groups excluding carboxylic acids is 1. The van der Waals surface area contributed by atoms with E-state index in [1.54, 1.807) is 12.3 Å². The highest BCUT2D eigenvalue weighted by molar-refractivity contribution is 7.22. The molecule has 2 aromatic heterocycles. The summed E-state index contributed by atoms with van der Waals surface area (Å²) in [4.78, 5) is 20.8. The molecule has 0 aliphatic rings. The quantitative estimate of drug-likeness (QED) is 0.563. The molecule has 0 aliphatic heterocycles. The van der Waals surface area contributed by atoms with E-state index in [-0.39, 0.29) is 5.91 Å². The van der Waals surface area contributed by atoms with Gasteiger partial charge in [-0.3, -0.25) is 15.1 Å². The molecular weight excluding hydrogens is 318 g/mol. The Morgan fingerprint density at radius 1 is 1.04 bits per heavy atom. The number of thiazole rings is 1. The second kappa shape index (κ2) is 6.22. The van der Waals surface area contributed by atoms with Crippen molar-refractivity contribution in [3.8, 4) is 0 Å². The van der Waals surface area contributed by atoms with E-state index in [0.29, 0.717) is 5.13 Å². The van der Waals surface area contributed by atoms with Crippen LogP contribution < -0.4 is 5.32 Å². The lowest BCUT2D eigenvalue weighted by Gasteiger charge is -1.96. The molecule has 0 saturated heterocycles. The summed E-state index contributed by atoms with van der Waals surface area (Å²) >= 11 is 1.47. The topological polar surface area (TPSA) is 54.9 Å². The fourth-order valence-electron chi connectivity index (χ4n) is 2.50. The second-order valence-electron chi connectivity index (χ2n) is 5.23. The zero-order valence-corrected chi connectivity index (χ0v) is 13.5. The summed E-state index contributed by atoms with van der Waals surface area (Å²) in [6.45, 7) is 0. The molecule has 0 bridgehead atoms. The van der Waals surface area contributed by atoms with E-state index < -0.39 is 0 Å².